The van der Waals surface area contributed by atoms with Gasteiger partial charge in [0.1, 0.15) is 5.82 Å². The number of carbonyl (C=O) groups is 1. The van der Waals surface area contributed by atoms with Crippen LogP contribution in [-0.4, -0.2) is 54.3 Å². The van der Waals surface area contributed by atoms with E-state index in [2.05, 4.69) is 20.5 Å². The Kier molecular flexibility index (Phi) is 4.67. The molecule has 1 aromatic heterocycles. The van der Waals surface area contributed by atoms with Gasteiger partial charge in [0.2, 0.25) is 0 Å². The fourth-order valence-electron chi connectivity index (χ4n) is 2.98. The van der Waals surface area contributed by atoms with Crippen molar-refractivity contribution in [2.45, 2.75) is 31.4 Å². The Morgan fingerprint density at radius 3 is 3.24 bits per heavy atom. The van der Waals surface area contributed by atoms with Crippen molar-refractivity contribution in [3.63, 3.8) is 0 Å². The molecule has 2 fully saturated rings. The summed E-state index contributed by atoms with van der Waals surface area (Å²) in [7, 11) is 0. The van der Waals surface area contributed by atoms with Gasteiger partial charge in [-0.05, 0) is 31.5 Å². The van der Waals surface area contributed by atoms with Crippen molar-refractivity contribution >= 4 is 11.8 Å². The minimum absolute atomic E-state index is 0.0776. The quantitative estimate of drug-likeness (QED) is 0.884. The van der Waals surface area contributed by atoms with Crippen LogP contribution in [0.3, 0.4) is 0 Å². The molecule has 6 heteroatoms. The minimum Gasteiger partial charge on any atom is -0.373 e. The van der Waals surface area contributed by atoms with Gasteiger partial charge in [-0.15, -0.1) is 0 Å². The van der Waals surface area contributed by atoms with Gasteiger partial charge in [0.15, 0.2) is 0 Å². The average molecular weight is 290 g/mol. The van der Waals surface area contributed by atoms with E-state index >= 15 is 0 Å². The Hall–Kier alpha value is -1.66. The molecule has 0 bridgehead atoms. The Morgan fingerprint density at radius 1 is 1.43 bits per heavy atom. The fourth-order valence-corrected chi connectivity index (χ4v) is 2.98. The van der Waals surface area contributed by atoms with Crippen molar-refractivity contribution in [1.82, 2.24) is 15.2 Å². The van der Waals surface area contributed by atoms with Crippen LogP contribution in [0.2, 0.25) is 0 Å². The molecule has 0 aromatic carbocycles. The number of piperidine rings is 1. The number of aromatic nitrogens is 1. The Bertz CT molecular complexity index is 468. The number of anilines is 1. The number of fused-ring (bicyclic) bond motifs is 1. The molecular formula is C15H22N4O2. The van der Waals surface area contributed by atoms with Crippen molar-refractivity contribution in [2.75, 3.05) is 31.6 Å². The fraction of sp³-hybridized carbons (Fsp3) is 0.600. The minimum atomic E-state index is -0.238. The van der Waals surface area contributed by atoms with Crippen LogP contribution in [0.4, 0.5) is 10.6 Å². The molecule has 2 aliphatic heterocycles. The third-order valence-electron chi connectivity index (χ3n) is 4.11. The molecule has 2 atom stereocenters. The maximum absolute atomic E-state index is 11.8. The molecule has 2 N–H and O–H groups in total. The second-order valence-electron chi connectivity index (χ2n) is 5.65. The average Bonchev–Trinajstić information content (AvgIpc) is 2.54. The number of urea groups is 1. The van der Waals surface area contributed by atoms with E-state index in [4.69, 9.17) is 4.74 Å². The number of rotatable bonds is 3. The normalized spacial score (nSPS) is 25.9. The summed E-state index contributed by atoms with van der Waals surface area (Å²) in [6, 6.07) is 5.75. The zero-order valence-electron chi connectivity index (χ0n) is 12.1. The number of hydrogen-bond donors (Lipinski definition) is 2. The van der Waals surface area contributed by atoms with Gasteiger partial charge in [-0.2, -0.15) is 0 Å². The first-order chi connectivity index (χ1) is 10.3. The molecular weight excluding hydrogens is 268 g/mol. The van der Waals surface area contributed by atoms with E-state index in [0.717, 1.165) is 19.7 Å². The zero-order chi connectivity index (χ0) is 14.5. The summed E-state index contributed by atoms with van der Waals surface area (Å²) >= 11 is 0. The molecule has 0 spiro atoms. The highest BCUT2D eigenvalue weighted by molar-refractivity contribution is 5.88. The van der Waals surface area contributed by atoms with Gasteiger partial charge >= 0.3 is 6.03 Å². The molecule has 114 valence electrons. The zero-order valence-corrected chi connectivity index (χ0v) is 12.1. The number of pyridine rings is 1. The van der Waals surface area contributed by atoms with Crippen LogP contribution in [0.5, 0.6) is 0 Å². The van der Waals surface area contributed by atoms with Crippen molar-refractivity contribution in [1.29, 1.82) is 0 Å². The third kappa shape index (κ3) is 3.92. The molecule has 0 radical (unpaired) electrons. The molecule has 0 saturated carbocycles. The van der Waals surface area contributed by atoms with Gasteiger partial charge in [0.05, 0.1) is 12.7 Å². The van der Waals surface area contributed by atoms with Crippen LogP contribution in [0.1, 0.15) is 19.3 Å². The lowest BCUT2D eigenvalue weighted by molar-refractivity contribution is -0.0722. The highest BCUT2D eigenvalue weighted by Gasteiger charge is 2.30. The predicted molar refractivity (Wildman–Crippen MR) is 80.2 cm³/mol. The monoisotopic (exact) mass is 290 g/mol. The first-order valence-electron chi connectivity index (χ1n) is 7.63. The van der Waals surface area contributed by atoms with E-state index in [1.54, 1.807) is 12.3 Å². The first-order valence-corrected chi connectivity index (χ1v) is 7.63. The number of carbonyl (C=O) groups excluding carboxylic acids is 1. The van der Waals surface area contributed by atoms with E-state index in [1.165, 1.54) is 19.3 Å². The molecule has 3 heterocycles. The number of hydrogen-bond acceptors (Lipinski definition) is 4. The Balaban J connectivity index is 1.42. The molecule has 2 saturated heterocycles. The summed E-state index contributed by atoms with van der Waals surface area (Å²) in [6.45, 7) is 3.38. The summed E-state index contributed by atoms with van der Waals surface area (Å²) in [4.78, 5) is 18.4. The van der Waals surface area contributed by atoms with Crippen LogP contribution in [0.15, 0.2) is 24.4 Å². The first kappa shape index (κ1) is 14.3. The largest absolute Gasteiger partial charge is 0.373 e. The lowest BCUT2D eigenvalue weighted by atomic mass is 10.0. The maximum atomic E-state index is 11.8. The Labute approximate surface area is 124 Å². The van der Waals surface area contributed by atoms with Crippen molar-refractivity contribution in [3.05, 3.63) is 24.4 Å². The number of nitrogens with zero attached hydrogens (tertiary/aromatic N) is 2. The summed E-state index contributed by atoms with van der Waals surface area (Å²) in [5, 5.41) is 5.56. The van der Waals surface area contributed by atoms with E-state index in [1.807, 2.05) is 12.1 Å². The highest BCUT2D eigenvalue weighted by Crippen LogP contribution is 2.21. The summed E-state index contributed by atoms with van der Waals surface area (Å²) in [5.41, 5.74) is 0. The van der Waals surface area contributed by atoms with Crippen LogP contribution in [0.25, 0.3) is 0 Å². The second-order valence-corrected chi connectivity index (χ2v) is 5.65. The van der Waals surface area contributed by atoms with Crippen LogP contribution in [-0.2, 0) is 4.74 Å². The number of ether oxygens (including phenoxy) is 1. The van der Waals surface area contributed by atoms with E-state index in [0.29, 0.717) is 18.4 Å². The third-order valence-corrected chi connectivity index (χ3v) is 4.11. The highest BCUT2D eigenvalue weighted by atomic mass is 16.5. The second kappa shape index (κ2) is 6.87. The number of morpholine rings is 1. The molecule has 2 aliphatic rings. The maximum Gasteiger partial charge on any atom is 0.320 e. The van der Waals surface area contributed by atoms with Gasteiger partial charge in [0, 0.05) is 25.3 Å². The predicted octanol–water partition coefficient (Wildman–Crippen LogP) is 1.46. The topological polar surface area (TPSA) is 66.5 Å². The molecule has 1 aromatic rings. The number of nitrogens with one attached hydrogen (secondary N) is 2. The van der Waals surface area contributed by atoms with Crippen LogP contribution in [0, 0.1) is 0 Å². The lowest BCUT2D eigenvalue weighted by Gasteiger charge is -2.42. The smallest absolute Gasteiger partial charge is 0.320 e. The molecule has 0 aliphatic carbocycles. The van der Waals surface area contributed by atoms with E-state index < -0.39 is 0 Å². The molecule has 21 heavy (non-hydrogen) atoms. The van der Waals surface area contributed by atoms with Gasteiger partial charge in [-0.1, -0.05) is 12.5 Å². The van der Waals surface area contributed by atoms with Crippen molar-refractivity contribution in [2.24, 2.45) is 0 Å². The SMILES string of the molecule is O=C(NC[C@H]1CN2CCCC[C@H]2CO1)Nc1ccccn1. The van der Waals surface area contributed by atoms with Gasteiger partial charge < -0.3 is 10.1 Å². The van der Waals surface area contributed by atoms with Gasteiger partial charge in [-0.25, -0.2) is 9.78 Å². The van der Waals surface area contributed by atoms with E-state index in [-0.39, 0.29) is 12.1 Å². The number of amides is 2. The molecule has 2 amide bonds. The Morgan fingerprint density at radius 2 is 2.38 bits per heavy atom. The lowest BCUT2D eigenvalue weighted by Crippen LogP contribution is -2.54. The standard InChI is InChI=1S/C15H22N4O2/c20-15(18-14-6-1-3-7-16-14)17-9-13-10-19-8-4-2-5-12(19)11-21-13/h1,3,6-7,12-13H,2,4-5,8-11H2,(H2,16,17,18,20)/t12-,13-/m0/s1. The van der Waals surface area contributed by atoms with Gasteiger partial charge in [0.25, 0.3) is 0 Å². The molecule has 0 unspecified atom stereocenters. The summed E-state index contributed by atoms with van der Waals surface area (Å²) < 4.78 is 5.85. The van der Waals surface area contributed by atoms with Crippen LogP contribution < -0.4 is 10.6 Å². The molecule has 3 rings (SSSR count). The van der Waals surface area contributed by atoms with Crippen molar-refractivity contribution < 1.29 is 9.53 Å². The summed E-state index contributed by atoms with van der Waals surface area (Å²) in [5.74, 6) is 0.552. The van der Waals surface area contributed by atoms with Crippen molar-refractivity contribution in [3.8, 4) is 0 Å². The van der Waals surface area contributed by atoms with E-state index in [9.17, 15) is 4.79 Å². The molecule has 6 nitrogen and oxygen atoms in total. The summed E-state index contributed by atoms with van der Waals surface area (Å²) in [6.07, 6.45) is 5.54. The van der Waals surface area contributed by atoms with Crippen LogP contribution >= 0.6 is 0 Å². The van der Waals surface area contributed by atoms with Gasteiger partial charge in [-0.3, -0.25) is 10.2 Å².